The molecule has 0 heterocycles. The van der Waals surface area contributed by atoms with Gasteiger partial charge in [-0.3, -0.25) is 4.21 Å². The highest BCUT2D eigenvalue weighted by atomic mass is 32.2. The molecule has 0 amide bonds. The Balaban J connectivity index is 2.64. The first-order valence-electron chi connectivity index (χ1n) is 7.40. The van der Waals surface area contributed by atoms with Crippen molar-refractivity contribution in [3.05, 3.63) is 46.5 Å². The van der Waals surface area contributed by atoms with Gasteiger partial charge >= 0.3 is 0 Å². The second kappa shape index (κ2) is 6.28. The molecule has 0 aliphatic rings. The van der Waals surface area contributed by atoms with Crippen LogP contribution < -0.4 is 9.47 Å². The maximum Gasteiger partial charge on any atom is 0.124 e. The van der Waals surface area contributed by atoms with E-state index in [2.05, 4.69) is 5.87 Å². The predicted octanol–water partition coefficient (Wildman–Crippen LogP) is 4.07. The Morgan fingerprint density at radius 1 is 0.739 bits per heavy atom. The van der Waals surface area contributed by atoms with Crippen molar-refractivity contribution in [2.24, 2.45) is 0 Å². The second-order valence-electron chi connectivity index (χ2n) is 5.86. The molecule has 0 saturated heterocycles. The van der Waals surface area contributed by atoms with Crippen molar-refractivity contribution in [2.45, 2.75) is 37.5 Å². The Hall–Kier alpha value is -1.94. The van der Waals surface area contributed by atoms with Crippen molar-refractivity contribution in [1.82, 2.24) is 0 Å². The zero-order valence-electron chi connectivity index (χ0n) is 14.6. The van der Waals surface area contributed by atoms with Gasteiger partial charge < -0.3 is 9.47 Å². The van der Waals surface area contributed by atoms with Crippen LogP contribution in [0.25, 0.3) is 0 Å². The van der Waals surface area contributed by atoms with Crippen LogP contribution in [0.5, 0.6) is 11.5 Å². The Bertz CT molecular complexity index is 737. The van der Waals surface area contributed by atoms with E-state index >= 15 is 0 Å². The van der Waals surface area contributed by atoms with Crippen molar-refractivity contribution in [3.8, 4) is 11.5 Å². The van der Waals surface area contributed by atoms with Crippen LogP contribution in [0.15, 0.2) is 34.1 Å². The van der Waals surface area contributed by atoms with Gasteiger partial charge in [-0.1, -0.05) is 0 Å². The average Bonchev–Trinajstić information content (AvgIpc) is 2.46. The van der Waals surface area contributed by atoms with Crippen LogP contribution in [-0.4, -0.2) is 24.3 Å². The van der Waals surface area contributed by atoms with E-state index < -0.39 is 9.52 Å². The lowest BCUT2D eigenvalue weighted by atomic mass is 10.1. The Labute approximate surface area is 139 Å². The lowest BCUT2D eigenvalue weighted by Gasteiger charge is -2.17. The van der Waals surface area contributed by atoms with E-state index in [1.54, 1.807) is 14.2 Å². The molecular weight excluding hydrogens is 308 g/mol. The van der Waals surface area contributed by atoms with Gasteiger partial charge in [0.2, 0.25) is 0 Å². The third kappa shape index (κ3) is 3.08. The molecule has 124 valence electrons. The summed E-state index contributed by atoms with van der Waals surface area (Å²) in [5, 5.41) is 0. The van der Waals surface area contributed by atoms with Crippen LogP contribution in [-0.2, 0) is 9.52 Å². The van der Waals surface area contributed by atoms with Crippen LogP contribution in [0.4, 0.5) is 0 Å². The molecule has 0 atom stereocenters. The standard InChI is InChI=1S/C19H24O3S/c1-12-8-16(9-13(2)18(12)21-5)23(7,20)17-10-14(3)19(22-6)15(4)11-17/h8-11H,7H2,1-6H3. The molecule has 0 bridgehead atoms. The van der Waals surface area contributed by atoms with Crippen LogP contribution in [0, 0.1) is 27.7 Å². The molecule has 0 N–H and O–H groups in total. The van der Waals surface area contributed by atoms with Crippen molar-refractivity contribution in [1.29, 1.82) is 0 Å². The van der Waals surface area contributed by atoms with Crippen LogP contribution >= 0.6 is 0 Å². The number of rotatable bonds is 4. The number of benzene rings is 2. The number of hydrogen-bond acceptors (Lipinski definition) is 3. The zero-order valence-corrected chi connectivity index (χ0v) is 15.5. The molecule has 2 rings (SSSR count). The molecule has 0 aromatic heterocycles. The molecule has 0 spiro atoms. The predicted molar refractivity (Wildman–Crippen MR) is 96.7 cm³/mol. The van der Waals surface area contributed by atoms with Gasteiger partial charge in [-0.25, -0.2) is 0 Å². The molecule has 4 heteroatoms. The van der Waals surface area contributed by atoms with Gasteiger partial charge in [0.15, 0.2) is 0 Å². The highest BCUT2D eigenvalue weighted by molar-refractivity contribution is 8.00. The van der Waals surface area contributed by atoms with E-state index in [4.69, 9.17) is 9.47 Å². The normalized spacial score (nSPS) is 11.4. The van der Waals surface area contributed by atoms with E-state index in [1.807, 2.05) is 52.0 Å². The van der Waals surface area contributed by atoms with Crippen LogP contribution in [0.2, 0.25) is 0 Å². The third-order valence-electron chi connectivity index (χ3n) is 4.04. The maximum absolute atomic E-state index is 13.4. The average molecular weight is 332 g/mol. The summed E-state index contributed by atoms with van der Waals surface area (Å²) in [6.07, 6.45) is 0. The van der Waals surface area contributed by atoms with Crippen molar-refractivity contribution >= 4 is 15.4 Å². The summed E-state index contributed by atoms with van der Waals surface area (Å²) in [6, 6.07) is 7.60. The molecule has 2 aromatic rings. The summed E-state index contributed by atoms with van der Waals surface area (Å²) in [6.45, 7) is 7.81. The van der Waals surface area contributed by atoms with E-state index in [1.165, 1.54) is 0 Å². The Kier molecular flexibility index (Phi) is 4.76. The summed E-state index contributed by atoms with van der Waals surface area (Å²) in [5.41, 5.74) is 3.84. The number of hydrogen-bond donors (Lipinski definition) is 0. The van der Waals surface area contributed by atoms with E-state index in [-0.39, 0.29) is 0 Å². The van der Waals surface area contributed by atoms with Gasteiger partial charge in [0.1, 0.15) is 11.5 Å². The van der Waals surface area contributed by atoms with Gasteiger partial charge in [-0.15, -0.1) is 0 Å². The minimum absolute atomic E-state index is 0.720. The van der Waals surface area contributed by atoms with E-state index in [9.17, 15) is 4.21 Å². The SMILES string of the molecule is C=S(=O)(c1cc(C)c(OC)c(C)c1)c1cc(C)c(OC)c(C)c1. The summed E-state index contributed by atoms with van der Waals surface area (Å²) >= 11 is 0. The minimum Gasteiger partial charge on any atom is -0.496 e. The first-order chi connectivity index (χ1) is 10.7. The fourth-order valence-corrected chi connectivity index (χ4v) is 4.72. The van der Waals surface area contributed by atoms with Gasteiger partial charge in [-0.2, -0.15) is 0 Å². The first kappa shape index (κ1) is 17.4. The molecule has 2 aromatic carbocycles. The molecule has 23 heavy (non-hydrogen) atoms. The molecule has 0 aliphatic heterocycles. The van der Waals surface area contributed by atoms with Crippen LogP contribution in [0.1, 0.15) is 22.3 Å². The zero-order chi connectivity index (χ0) is 17.4. The molecule has 0 radical (unpaired) electrons. The highest BCUT2D eigenvalue weighted by Crippen LogP contribution is 2.32. The molecular formula is C19H24O3S. The summed E-state index contributed by atoms with van der Waals surface area (Å²) < 4.78 is 24.2. The largest absolute Gasteiger partial charge is 0.496 e. The van der Waals surface area contributed by atoms with Gasteiger partial charge in [-0.05, 0) is 80.1 Å². The number of ether oxygens (including phenoxy) is 2. The third-order valence-corrected chi connectivity index (χ3v) is 6.03. The lowest BCUT2D eigenvalue weighted by molar-refractivity contribution is 0.408. The summed E-state index contributed by atoms with van der Waals surface area (Å²) in [4.78, 5) is 1.44. The van der Waals surface area contributed by atoms with Crippen LogP contribution in [0.3, 0.4) is 0 Å². The van der Waals surface area contributed by atoms with Crippen molar-refractivity contribution in [3.63, 3.8) is 0 Å². The topological polar surface area (TPSA) is 35.5 Å². The number of aryl methyl sites for hydroxylation is 4. The highest BCUT2D eigenvalue weighted by Gasteiger charge is 2.17. The smallest absolute Gasteiger partial charge is 0.124 e. The van der Waals surface area contributed by atoms with Gasteiger partial charge in [0.25, 0.3) is 0 Å². The molecule has 0 aliphatic carbocycles. The van der Waals surface area contributed by atoms with Gasteiger partial charge in [0, 0.05) is 19.3 Å². The molecule has 3 nitrogen and oxygen atoms in total. The summed E-state index contributed by atoms with van der Waals surface area (Å²) in [7, 11) is 0.701. The van der Waals surface area contributed by atoms with E-state index in [0.717, 1.165) is 43.5 Å². The van der Waals surface area contributed by atoms with Crippen molar-refractivity contribution in [2.75, 3.05) is 14.2 Å². The maximum atomic E-state index is 13.4. The monoisotopic (exact) mass is 332 g/mol. The molecule has 0 saturated carbocycles. The lowest BCUT2D eigenvalue weighted by Crippen LogP contribution is -2.05. The second-order valence-corrected chi connectivity index (χ2v) is 8.15. The first-order valence-corrected chi connectivity index (χ1v) is 9.12. The Morgan fingerprint density at radius 3 is 1.22 bits per heavy atom. The summed E-state index contributed by atoms with van der Waals surface area (Å²) in [5.74, 6) is 5.68. The molecule has 0 fully saturated rings. The fourth-order valence-electron chi connectivity index (χ4n) is 2.98. The molecule has 0 unspecified atom stereocenters. The number of methoxy groups -OCH3 is 2. The Morgan fingerprint density at radius 2 is 1.00 bits per heavy atom. The quantitative estimate of drug-likeness (QED) is 0.792. The fraction of sp³-hybridized carbons (Fsp3) is 0.316. The van der Waals surface area contributed by atoms with Gasteiger partial charge in [0.05, 0.1) is 14.2 Å². The minimum atomic E-state index is -2.59. The van der Waals surface area contributed by atoms with Crippen molar-refractivity contribution < 1.29 is 13.7 Å². The van der Waals surface area contributed by atoms with E-state index in [0.29, 0.717) is 0 Å².